The number of phenolic OH excluding ortho intramolecular Hbond substituents is 1. The van der Waals surface area contributed by atoms with Gasteiger partial charge in [-0.1, -0.05) is 65.1 Å². The van der Waals surface area contributed by atoms with E-state index in [1.165, 1.54) is 24.4 Å². The normalized spacial score (nSPS) is 11.0. The predicted molar refractivity (Wildman–Crippen MR) is 146 cm³/mol. The van der Waals surface area contributed by atoms with Gasteiger partial charge < -0.3 is 15.2 Å². The Labute approximate surface area is 227 Å². The standard InChI is InChI=1S/C27H20Cl3N3O4/c28-19-8-5-18(22(29)12-19)13-31-26(35)15-37-25-10-7-17(20-3-1-2-4-21(20)25)14-32-33-27(36)16-6-9-24(34)23(30)11-16/h1-12,14,34H,13,15H2,(H,31,35)(H,33,36)/b32-14+. The van der Waals surface area contributed by atoms with Crippen molar-refractivity contribution in [3.05, 3.63) is 105 Å². The van der Waals surface area contributed by atoms with Crippen LogP contribution in [0, 0.1) is 0 Å². The summed E-state index contributed by atoms with van der Waals surface area (Å²) < 4.78 is 5.78. The first-order valence-corrected chi connectivity index (χ1v) is 12.1. The molecule has 0 aliphatic rings. The minimum Gasteiger partial charge on any atom is -0.506 e. The SMILES string of the molecule is O=C(COc1ccc(/C=N/NC(=O)c2ccc(O)c(Cl)c2)c2ccccc12)NCc1ccc(Cl)cc1Cl. The van der Waals surface area contributed by atoms with Crippen LogP contribution in [-0.2, 0) is 11.3 Å². The van der Waals surface area contributed by atoms with E-state index in [0.717, 1.165) is 21.9 Å². The van der Waals surface area contributed by atoms with Crippen LogP contribution in [0.25, 0.3) is 10.8 Å². The van der Waals surface area contributed by atoms with E-state index in [4.69, 9.17) is 39.5 Å². The number of carbonyl (C=O) groups excluding carboxylic acids is 2. The molecule has 10 heteroatoms. The monoisotopic (exact) mass is 555 g/mol. The fourth-order valence-electron chi connectivity index (χ4n) is 3.46. The topological polar surface area (TPSA) is 100 Å². The van der Waals surface area contributed by atoms with Crippen molar-refractivity contribution < 1.29 is 19.4 Å². The molecular formula is C27H20Cl3N3O4. The number of hydrazone groups is 1. The number of carbonyl (C=O) groups is 2. The number of ether oxygens (including phenoxy) is 1. The maximum absolute atomic E-state index is 12.3. The summed E-state index contributed by atoms with van der Waals surface area (Å²) in [5.41, 5.74) is 4.17. The first-order chi connectivity index (χ1) is 17.8. The molecule has 37 heavy (non-hydrogen) atoms. The zero-order valence-electron chi connectivity index (χ0n) is 19.2. The van der Waals surface area contributed by atoms with E-state index in [0.29, 0.717) is 15.8 Å². The molecule has 0 unspecified atom stereocenters. The highest BCUT2D eigenvalue weighted by Gasteiger charge is 2.10. The molecule has 0 heterocycles. The number of fused-ring (bicyclic) bond motifs is 1. The minimum absolute atomic E-state index is 0.0701. The molecule has 4 aromatic rings. The summed E-state index contributed by atoms with van der Waals surface area (Å²) in [4.78, 5) is 24.7. The first-order valence-electron chi connectivity index (χ1n) is 11.0. The molecule has 0 aromatic heterocycles. The van der Waals surface area contributed by atoms with Crippen molar-refractivity contribution in [3.63, 3.8) is 0 Å². The average Bonchev–Trinajstić information content (AvgIpc) is 2.89. The van der Waals surface area contributed by atoms with Gasteiger partial charge in [-0.2, -0.15) is 5.10 Å². The van der Waals surface area contributed by atoms with Gasteiger partial charge in [-0.15, -0.1) is 0 Å². The van der Waals surface area contributed by atoms with Crippen LogP contribution >= 0.6 is 34.8 Å². The van der Waals surface area contributed by atoms with Gasteiger partial charge in [0.2, 0.25) is 0 Å². The van der Waals surface area contributed by atoms with E-state index < -0.39 is 5.91 Å². The second-order valence-electron chi connectivity index (χ2n) is 7.86. The summed E-state index contributed by atoms with van der Waals surface area (Å²) in [5.74, 6) is -0.375. The van der Waals surface area contributed by atoms with Gasteiger partial charge in [0.25, 0.3) is 11.8 Å². The third-order valence-electron chi connectivity index (χ3n) is 5.35. The van der Waals surface area contributed by atoms with Gasteiger partial charge >= 0.3 is 0 Å². The van der Waals surface area contributed by atoms with Gasteiger partial charge in [0.15, 0.2) is 6.61 Å². The molecule has 0 atom stereocenters. The van der Waals surface area contributed by atoms with Gasteiger partial charge in [-0.05, 0) is 53.4 Å². The minimum atomic E-state index is -0.478. The second kappa shape index (κ2) is 12.0. The van der Waals surface area contributed by atoms with Crippen molar-refractivity contribution in [2.45, 2.75) is 6.54 Å². The molecule has 0 saturated carbocycles. The highest BCUT2D eigenvalue weighted by molar-refractivity contribution is 6.35. The lowest BCUT2D eigenvalue weighted by Gasteiger charge is -2.12. The Morgan fingerprint density at radius 1 is 0.919 bits per heavy atom. The zero-order chi connectivity index (χ0) is 26.4. The van der Waals surface area contributed by atoms with Crippen molar-refractivity contribution in [3.8, 4) is 11.5 Å². The van der Waals surface area contributed by atoms with Crippen LogP contribution in [0.3, 0.4) is 0 Å². The van der Waals surface area contributed by atoms with Crippen molar-refractivity contribution in [2.24, 2.45) is 5.10 Å². The summed E-state index contributed by atoms with van der Waals surface area (Å²) in [7, 11) is 0. The Morgan fingerprint density at radius 3 is 2.46 bits per heavy atom. The fraction of sp³-hybridized carbons (Fsp3) is 0.0741. The smallest absolute Gasteiger partial charge is 0.271 e. The van der Waals surface area contributed by atoms with Crippen molar-refractivity contribution >= 4 is 63.6 Å². The maximum atomic E-state index is 12.3. The van der Waals surface area contributed by atoms with Crippen LogP contribution in [0.15, 0.2) is 77.9 Å². The van der Waals surface area contributed by atoms with E-state index in [1.54, 1.807) is 30.3 Å². The summed E-state index contributed by atoms with van der Waals surface area (Å²) in [6.45, 7) is 0.0598. The second-order valence-corrected chi connectivity index (χ2v) is 9.12. The fourth-order valence-corrected chi connectivity index (χ4v) is 4.12. The molecular weight excluding hydrogens is 537 g/mol. The number of rotatable bonds is 8. The summed E-state index contributed by atoms with van der Waals surface area (Å²) in [6.07, 6.45) is 1.51. The Morgan fingerprint density at radius 2 is 1.70 bits per heavy atom. The van der Waals surface area contributed by atoms with Gasteiger partial charge in [-0.25, -0.2) is 5.43 Å². The van der Waals surface area contributed by atoms with E-state index in [-0.39, 0.29) is 35.4 Å². The largest absolute Gasteiger partial charge is 0.506 e. The molecule has 0 fully saturated rings. The molecule has 4 aromatic carbocycles. The van der Waals surface area contributed by atoms with Gasteiger partial charge in [-0.3, -0.25) is 9.59 Å². The van der Waals surface area contributed by atoms with Crippen LogP contribution in [-0.4, -0.2) is 29.7 Å². The molecule has 2 amide bonds. The molecule has 0 saturated heterocycles. The molecule has 0 bridgehead atoms. The summed E-state index contributed by atoms with van der Waals surface area (Å²) in [5, 5.41) is 19.0. The molecule has 0 spiro atoms. The van der Waals surface area contributed by atoms with Crippen molar-refractivity contribution in [1.82, 2.24) is 10.7 Å². The average molecular weight is 557 g/mol. The number of nitrogens with one attached hydrogen (secondary N) is 2. The van der Waals surface area contributed by atoms with Crippen LogP contribution in [0.5, 0.6) is 11.5 Å². The maximum Gasteiger partial charge on any atom is 0.271 e. The van der Waals surface area contributed by atoms with Crippen LogP contribution in [0.4, 0.5) is 0 Å². The van der Waals surface area contributed by atoms with E-state index in [9.17, 15) is 14.7 Å². The van der Waals surface area contributed by atoms with Gasteiger partial charge in [0.1, 0.15) is 11.5 Å². The molecule has 0 aliphatic heterocycles. The zero-order valence-corrected chi connectivity index (χ0v) is 21.4. The highest BCUT2D eigenvalue weighted by atomic mass is 35.5. The highest BCUT2D eigenvalue weighted by Crippen LogP contribution is 2.28. The van der Waals surface area contributed by atoms with Crippen molar-refractivity contribution in [1.29, 1.82) is 0 Å². The number of hydrogen-bond acceptors (Lipinski definition) is 5. The number of aromatic hydroxyl groups is 1. The molecule has 188 valence electrons. The number of nitrogens with zero attached hydrogens (tertiary/aromatic N) is 1. The number of amides is 2. The Balaban J connectivity index is 1.40. The lowest BCUT2D eigenvalue weighted by molar-refractivity contribution is -0.123. The number of phenols is 1. The first kappa shape index (κ1) is 26.3. The third kappa shape index (κ3) is 6.71. The predicted octanol–water partition coefficient (Wildman–Crippen LogP) is 5.96. The third-order valence-corrected chi connectivity index (χ3v) is 6.24. The lowest BCUT2D eigenvalue weighted by Crippen LogP contribution is -2.28. The van der Waals surface area contributed by atoms with Gasteiger partial charge in [0.05, 0.1) is 11.2 Å². The molecule has 0 radical (unpaired) electrons. The van der Waals surface area contributed by atoms with Crippen LogP contribution < -0.4 is 15.5 Å². The summed E-state index contributed by atoms with van der Waals surface area (Å²) in [6, 6.07) is 20.2. The molecule has 3 N–H and O–H groups in total. The van der Waals surface area contributed by atoms with E-state index in [2.05, 4.69) is 15.8 Å². The summed E-state index contributed by atoms with van der Waals surface area (Å²) >= 11 is 17.9. The quantitative estimate of drug-likeness (QED) is 0.184. The van der Waals surface area contributed by atoms with E-state index >= 15 is 0 Å². The van der Waals surface area contributed by atoms with Crippen LogP contribution in [0.2, 0.25) is 15.1 Å². The Kier molecular flexibility index (Phi) is 8.50. The number of halogens is 3. The van der Waals surface area contributed by atoms with Crippen molar-refractivity contribution in [2.75, 3.05) is 6.61 Å². The Hall–Kier alpha value is -3.78. The number of hydrogen-bond donors (Lipinski definition) is 3. The Bertz CT molecular complexity index is 1510. The molecule has 4 rings (SSSR count). The van der Waals surface area contributed by atoms with Crippen LogP contribution in [0.1, 0.15) is 21.5 Å². The van der Waals surface area contributed by atoms with Gasteiger partial charge in [0, 0.05) is 33.1 Å². The molecule has 0 aliphatic carbocycles. The van der Waals surface area contributed by atoms with E-state index in [1.807, 2.05) is 24.3 Å². The molecule has 7 nitrogen and oxygen atoms in total. The lowest BCUT2D eigenvalue weighted by atomic mass is 10.0. The number of benzene rings is 4.